The minimum Gasteiger partial charge on any atom is -0.490 e. The number of halogens is 1. The lowest BCUT2D eigenvalue weighted by molar-refractivity contribution is -0.139. The van der Waals surface area contributed by atoms with Gasteiger partial charge in [0, 0.05) is 69.7 Å². The van der Waals surface area contributed by atoms with Gasteiger partial charge in [0.05, 0.1) is 0 Å². The van der Waals surface area contributed by atoms with Crippen molar-refractivity contribution >= 4 is 23.4 Å². The lowest BCUT2D eigenvalue weighted by Crippen LogP contribution is -2.49. The van der Waals surface area contributed by atoms with Crippen LogP contribution in [0.25, 0.3) is 0 Å². The number of aryl methyl sites for hydroxylation is 2. The molecule has 0 radical (unpaired) electrons. The van der Waals surface area contributed by atoms with Gasteiger partial charge in [0.25, 0.3) is 0 Å². The molecule has 1 saturated heterocycles. The molecule has 1 aromatic heterocycles. The van der Waals surface area contributed by atoms with Crippen LogP contribution in [0.3, 0.4) is 0 Å². The molecule has 1 aliphatic rings. The minimum atomic E-state index is -0.209. The van der Waals surface area contributed by atoms with Crippen molar-refractivity contribution < 1.29 is 18.8 Å². The van der Waals surface area contributed by atoms with E-state index in [-0.39, 0.29) is 36.7 Å². The molecule has 0 bridgehead atoms. The standard InChI is InChI=1S/C28H33ClN4O4/c1-3-25-30-26(37-31-25)12-13-27(34)33-15-14-24(36-23-11-7-10-22(29)17-23)21(19-33)16-28(35)32(2)18-20-8-5-4-6-9-20/h4-11,17,21,24H,3,12-16,18-19H2,1-2H3/t21-,24-/m0/s1. The lowest BCUT2D eigenvalue weighted by atomic mass is 9.90. The first kappa shape index (κ1) is 26.7. The third kappa shape index (κ3) is 7.55. The third-order valence-electron chi connectivity index (χ3n) is 6.60. The molecule has 1 aliphatic heterocycles. The number of hydrogen-bond donors (Lipinski definition) is 0. The van der Waals surface area contributed by atoms with E-state index in [9.17, 15) is 9.59 Å². The van der Waals surface area contributed by atoms with Crippen molar-refractivity contribution in [2.45, 2.75) is 51.7 Å². The summed E-state index contributed by atoms with van der Waals surface area (Å²) < 4.78 is 11.5. The summed E-state index contributed by atoms with van der Waals surface area (Å²) in [5.41, 5.74) is 1.07. The van der Waals surface area contributed by atoms with E-state index in [1.165, 1.54) is 0 Å². The topological polar surface area (TPSA) is 88.8 Å². The molecule has 8 nitrogen and oxygen atoms in total. The summed E-state index contributed by atoms with van der Waals surface area (Å²) in [6.07, 6.45) is 2.06. The Kier molecular flexibility index (Phi) is 9.17. The van der Waals surface area contributed by atoms with Crippen LogP contribution >= 0.6 is 11.6 Å². The fraction of sp³-hybridized carbons (Fsp3) is 0.429. The Bertz CT molecular complexity index is 1190. The molecule has 2 heterocycles. The van der Waals surface area contributed by atoms with Gasteiger partial charge in [-0.1, -0.05) is 60.1 Å². The third-order valence-corrected chi connectivity index (χ3v) is 6.84. The van der Waals surface area contributed by atoms with Crippen molar-refractivity contribution in [3.63, 3.8) is 0 Å². The highest BCUT2D eigenvalue weighted by Crippen LogP contribution is 2.28. The summed E-state index contributed by atoms with van der Waals surface area (Å²) in [4.78, 5) is 34.1. The number of benzene rings is 2. The Labute approximate surface area is 222 Å². The van der Waals surface area contributed by atoms with Crippen LogP contribution in [0.1, 0.15) is 43.5 Å². The molecule has 0 N–H and O–H groups in total. The van der Waals surface area contributed by atoms with E-state index in [1.54, 1.807) is 17.0 Å². The van der Waals surface area contributed by atoms with Gasteiger partial charge in [-0.05, 0) is 23.8 Å². The van der Waals surface area contributed by atoms with Gasteiger partial charge in [-0.3, -0.25) is 9.59 Å². The van der Waals surface area contributed by atoms with Crippen molar-refractivity contribution in [2.24, 2.45) is 5.92 Å². The van der Waals surface area contributed by atoms with Crippen LogP contribution in [0.5, 0.6) is 5.75 Å². The number of likely N-dealkylation sites (tertiary alicyclic amines) is 1. The van der Waals surface area contributed by atoms with Gasteiger partial charge >= 0.3 is 0 Å². The maximum Gasteiger partial charge on any atom is 0.227 e. The number of piperidine rings is 1. The molecule has 2 amide bonds. The summed E-state index contributed by atoms with van der Waals surface area (Å²) in [5.74, 6) is 1.64. The second-order valence-electron chi connectivity index (χ2n) is 9.40. The Balaban J connectivity index is 1.41. The van der Waals surface area contributed by atoms with Crippen LogP contribution in [-0.4, -0.2) is 58.0 Å². The monoisotopic (exact) mass is 524 g/mol. The fourth-order valence-electron chi connectivity index (χ4n) is 4.54. The van der Waals surface area contributed by atoms with Crippen molar-refractivity contribution in [2.75, 3.05) is 20.1 Å². The van der Waals surface area contributed by atoms with E-state index in [0.29, 0.717) is 61.4 Å². The predicted molar refractivity (Wildman–Crippen MR) is 140 cm³/mol. The summed E-state index contributed by atoms with van der Waals surface area (Å²) in [6.45, 7) is 3.48. The molecule has 0 aliphatic carbocycles. The number of carbonyl (C=O) groups is 2. The number of nitrogens with zero attached hydrogens (tertiary/aromatic N) is 4. The molecular formula is C28H33ClN4O4. The minimum absolute atomic E-state index is 0.00698. The molecule has 0 spiro atoms. The summed E-state index contributed by atoms with van der Waals surface area (Å²) in [6, 6.07) is 17.2. The highest BCUT2D eigenvalue weighted by molar-refractivity contribution is 6.30. The van der Waals surface area contributed by atoms with Gasteiger partial charge in [0.2, 0.25) is 17.7 Å². The van der Waals surface area contributed by atoms with Crippen LogP contribution < -0.4 is 4.74 Å². The highest BCUT2D eigenvalue weighted by atomic mass is 35.5. The smallest absolute Gasteiger partial charge is 0.227 e. The van der Waals surface area contributed by atoms with Gasteiger partial charge < -0.3 is 19.1 Å². The molecule has 0 saturated carbocycles. The zero-order valence-electron chi connectivity index (χ0n) is 21.3. The van der Waals surface area contributed by atoms with Crippen LogP contribution in [0.15, 0.2) is 59.1 Å². The van der Waals surface area contributed by atoms with Gasteiger partial charge in [-0.2, -0.15) is 4.98 Å². The average molecular weight is 525 g/mol. The van der Waals surface area contributed by atoms with Gasteiger partial charge in [-0.15, -0.1) is 0 Å². The number of hydrogen-bond acceptors (Lipinski definition) is 6. The second-order valence-corrected chi connectivity index (χ2v) is 9.84. The van der Waals surface area contributed by atoms with Gasteiger partial charge in [0.15, 0.2) is 5.82 Å². The lowest BCUT2D eigenvalue weighted by Gasteiger charge is -2.39. The number of amides is 2. The Morgan fingerprint density at radius 2 is 2.00 bits per heavy atom. The number of carbonyl (C=O) groups excluding carboxylic acids is 2. The largest absolute Gasteiger partial charge is 0.490 e. The molecule has 4 rings (SSSR count). The van der Waals surface area contributed by atoms with E-state index >= 15 is 0 Å². The van der Waals surface area contributed by atoms with Crippen molar-refractivity contribution in [1.29, 1.82) is 0 Å². The number of rotatable bonds is 10. The SMILES string of the molecule is CCc1noc(CCC(=O)N2CC[C@H](Oc3cccc(Cl)c3)[C@@H](CC(=O)N(C)Cc3ccccc3)C2)n1. The molecule has 2 atom stereocenters. The van der Waals surface area contributed by atoms with Crippen LogP contribution in [0, 0.1) is 5.92 Å². The quantitative estimate of drug-likeness (QED) is 0.386. The van der Waals surface area contributed by atoms with E-state index in [2.05, 4.69) is 10.1 Å². The summed E-state index contributed by atoms with van der Waals surface area (Å²) in [7, 11) is 1.81. The first-order valence-electron chi connectivity index (χ1n) is 12.7. The number of aromatic nitrogens is 2. The Morgan fingerprint density at radius 3 is 2.73 bits per heavy atom. The summed E-state index contributed by atoms with van der Waals surface area (Å²) >= 11 is 6.15. The first-order valence-corrected chi connectivity index (χ1v) is 13.1. The molecule has 37 heavy (non-hydrogen) atoms. The molecule has 0 unspecified atom stereocenters. The fourth-order valence-corrected chi connectivity index (χ4v) is 4.72. The Morgan fingerprint density at radius 1 is 1.19 bits per heavy atom. The van der Waals surface area contributed by atoms with E-state index in [0.717, 1.165) is 5.56 Å². The first-order chi connectivity index (χ1) is 17.9. The van der Waals surface area contributed by atoms with Crippen LogP contribution in [0.2, 0.25) is 5.02 Å². The zero-order chi connectivity index (χ0) is 26.2. The molecule has 2 aromatic carbocycles. The molecule has 9 heteroatoms. The van der Waals surface area contributed by atoms with Crippen molar-refractivity contribution in [3.8, 4) is 5.75 Å². The average Bonchev–Trinajstić information content (AvgIpc) is 3.37. The van der Waals surface area contributed by atoms with Crippen LogP contribution in [0.4, 0.5) is 0 Å². The second kappa shape index (κ2) is 12.7. The normalized spacial score (nSPS) is 17.4. The van der Waals surface area contributed by atoms with E-state index in [4.69, 9.17) is 20.9 Å². The summed E-state index contributed by atoms with van der Waals surface area (Å²) in [5, 5.41) is 4.48. The van der Waals surface area contributed by atoms with Gasteiger partial charge in [0.1, 0.15) is 11.9 Å². The maximum absolute atomic E-state index is 13.2. The molecule has 3 aromatic rings. The van der Waals surface area contributed by atoms with Crippen molar-refractivity contribution in [1.82, 2.24) is 19.9 Å². The maximum atomic E-state index is 13.2. The number of ether oxygens (including phenoxy) is 1. The Hall–Kier alpha value is -3.39. The molecule has 196 valence electrons. The molecule has 1 fully saturated rings. The van der Waals surface area contributed by atoms with E-state index in [1.807, 2.05) is 61.3 Å². The van der Waals surface area contributed by atoms with Crippen molar-refractivity contribution in [3.05, 3.63) is 76.9 Å². The zero-order valence-corrected chi connectivity index (χ0v) is 22.1. The van der Waals surface area contributed by atoms with Gasteiger partial charge in [-0.25, -0.2) is 0 Å². The van der Waals surface area contributed by atoms with E-state index < -0.39 is 0 Å². The van der Waals surface area contributed by atoms with Crippen LogP contribution in [-0.2, 0) is 29.0 Å². The molecular weight excluding hydrogens is 492 g/mol. The highest BCUT2D eigenvalue weighted by Gasteiger charge is 2.35. The predicted octanol–water partition coefficient (Wildman–Crippen LogP) is 4.56.